The van der Waals surface area contributed by atoms with Crippen LogP contribution in [-0.2, 0) is 27.8 Å². The molecule has 1 aromatic heterocycles. The van der Waals surface area contributed by atoms with Crippen LogP contribution in [0.1, 0.15) is 43.0 Å². The van der Waals surface area contributed by atoms with E-state index in [0.29, 0.717) is 31.5 Å². The van der Waals surface area contributed by atoms with Crippen molar-refractivity contribution in [2.45, 2.75) is 44.7 Å². The molecule has 4 rings (SSSR count). The summed E-state index contributed by atoms with van der Waals surface area (Å²) < 4.78 is 33.3. The molecular formula is C15H24N4O3S. The minimum absolute atomic E-state index is 0.0287. The third kappa shape index (κ3) is 3.59. The molecular weight excluding hydrogens is 316 g/mol. The van der Waals surface area contributed by atoms with E-state index >= 15 is 0 Å². The molecule has 0 spiro atoms. The van der Waals surface area contributed by atoms with Gasteiger partial charge in [0.1, 0.15) is 5.69 Å². The molecule has 7 nitrogen and oxygen atoms in total. The zero-order chi connectivity index (χ0) is 16.0. The van der Waals surface area contributed by atoms with E-state index in [1.54, 1.807) is 0 Å². The largest absolute Gasteiger partial charge is 0.380 e. The monoisotopic (exact) mass is 340 g/mol. The van der Waals surface area contributed by atoms with Crippen LogP contribution >= 0.6 is 0 Å². The quantitative estimate of drug-likeness (QED) is 0.739. The molecule has 0 aromatic carbocycles. The molecule has 0 saturated heterocycles. The van der Waals surface area contributed by atoms with Crippen molar-refractivity contribution in [1.29, 1.82) is 0 Å². The maximum Gasteiger partial charge on any atom is 0.211 e. The number of sulfonamides is 1. The molecule has 2 heterocycles. The van der Waals surface area contributed by atoms with E-state index < -0.39 is 10.0 Å². The van der Waals surface area contributed by atoms with Crippen LogP contribution in [0.5, 0.6) is 0 Å². The van der Waals surface area contributed by atoms with Crippen molar-refractivity contribution >= 4 is 10.0 Å². The van der Waals surface area contributed by atoms with Gasteiger partial charge in [0.05, 0.1) is 25.1 Å². The second-order valence-corrected chi connectivity index (χ2v) is 9.26. The molecule has 0 N–H and O–H groups in total. The van der Waals surface area contributed by atoms with Gasteiger partial charge in [-0.2, -0.15) is 4.31 Å². The summed E-state index contributed by atoms with van der Waals surface area (Å²) >= 11 is 0. The van der Waals surface area contributed by atoms with Crippen molar-refractivity contribution in [3.05, 3.63) is 11.4 Å². The van der Waals surface area contributed by atoms with E-state index in [-0.39, 0.29) is 5.92 Å². The lowest BCUT2D eigenvalue weighted by Gasteiger charge is -2.30. The van der Waals surface area contributed by atoms with Crippen LogP contribution in [0.4, 0.5) is 0 Å². The summed E-state index contributed by atoms with van der Waals surface area (Å²) in [6.45, 7) is 3.04. The minimum Gasteiger partial charge on any atom is -0.380 e. The third-order valence-electron chi connectivity index (χ3n) is 4.95. The summed E-state index contributed by atoms with van der Waals surface area (Å²) in [6.07, 6.45) is 6.29. The molecule has 0 radical (unpaired) electrons. The molecule has 1 atom stereocenters. The topological polar surface area (TPSA) is 77.3 Å². The number of hydrogen-bond acceptors (Lipinski definition) is 5. The smallest absolute Gasteiger partial charge is 0.211 e. The van der Waals surface area contributed by atoms with Crippen LogP contribution in [0.25, 0.3) is 0 Å². The number of rotatable bonds is 7. The molecule has 0 unspecified atom stereocenters. The summed E-state index contributed by atoms with van der Waals surface area (Å²) in [6, 6.07) is 0. The van der Waals surface area contributed by atoms with E-state index in [4.69, 9.17) is 4.74 Å². The van der Waals surface area contributed by atoms with Crippen LogP contribution < -0.4 is 0 Å². The van der Waals surface area contributed by atoms with Crippen molar-refractivity contribution in [3.63, 3.8) is 0 Å². The predicted molar refractivity (Wildman–Crippen MR) is 84.3 cm³/mol. The van der Waals surface area contributed by atoms with Gasteiger partial charge in [-0.05, 0) is 37.5 Å². The van der Waals surface area contributed by atoms with Crippen molar-refractivity contribution in [2.75, 3.05) is 26.0 Å². The van der Waals surface area contributed by atoms with E-state index in [9.17, 15) is 8.42 Å². The van der Waals surface area contributed by atoms with Gasteiger partial charge in [0.2, 0.25) is 10.0 Å². The Kier molecular flexibility index (Phi) is 3.93. The van der Waals surface area contributed by atoms with E-state index in [2.05, 4.69) is 10.3 Å². The standard InChI is InChI=1S/C15H24N4O3S/c1-23(20,21)18-7-13(10-22-9-12-4-5-12)15-14(8-18)16-17-19(15)6-11-2-3-11/h11-13H,2-10H2,1H3/t13-/m1/s1. The number of nitrogens with zero attached hydrogens (tertiary/aromatic N) is 4. The first-order valence-corrected chi connectivity index (χ1v) is 10.3. The fourth-order valence-electron chi connectivity index (χ4n) is 3.20. The Bertz CT molecular complexity index is 679. The summed E-state index contributed by atoms with van der Waals surface area (Å²) in [5.74, 6) is 1.45. The van der Waals surface area contributed by atoms with Gasteiger partial charge in [-0.1, -0.05) is 5.21 Å². The van der Waals surface area contributed by atoms with Crippen LogP contribution in [0.2, 0.25) is 0 Å². The average molecular weight is 340 g/mol. The molecule has 128 valence electrons. The number of hydrogen-bond donors (Lipinski definition) is 0. The highest BCUT2D eigenvalue weighted by atomic mass is 32.2. The highest BCUT2D eigenvalue weighted by Gasteiger charge is 2.36. The summed E-state index contributed by atoms with van der Waals surface area (Å²) in [4.78, 5) is 0. The fraction of sp³-hybridized carbons (Fsp3) is 0.867. The van der Waals surface area contributed by atoms with E-state index in [0.717, 1.165) is 24.5 Å². The molecule has 1 aromatic rings. The molecule has 0 amide bonds. The Balaban J connectivity index is 1.54. The molecule has 2 fully saturated rings. The van der Waals surface area contributed by atoms with Crippen LogP contribution in [-0.4, -0.2) is 53.7 Å². The highest BCUT2D eigenvalue weighted by molar-refractivity contribution is 7.88. The summed E-state index contributed by atoms with van der Waals surface area (Å²) in [5.41, 5.74) is 1.88. The first kappa shape index (κ1) is 15.5. The maximum atomic E-state index is 12.0. The van der Waals surface area contributed by atoms with Gasteiger partial charge in [-0.3, -0.25) is 0 Å². The van der Waals surface area contributed by atoms with Crippen molar-refractivity contribution in [1.82, 2.24) is 19.3 Å². The van der Waals surface area contributed by atoms with Gasteiger partial charge in [0.25, 0.3) is 0 Å². The van der Waals surface area contributed by atoms with Crippen molar-refractivity contribution in [2.24, 2.45) is 11.8 Å². The Morgan fingerprint density at radius 1 is 1.17 bits per heavy atom. The first-order chi connectivity index (χ1) is 11.0. The van der Waals surface area contributed by atoms with Gasteiger partial charge < -0.3 is 4.74 Å². The van der Waals surface area contributed by atoms with Gasteiger partial charge in [0.15, 0.2) is 0 Å². The summed E-state index contributed by atoms with van der Waals surface area (Å²) in [7, 11) is -3.23. The number of fused-ring (bicyclic) bond motifs is 1. The van der Waals surface area contributed by atoms with E-state index in [1.165, 1.54) is 36.2 Å². The van der Waals surface area contributed by atoms with Crippen molar-refractivity contribution in [3.8, 4) is 0 Å². The molecule has 0 bridgehead atoms. The molecule has 1 aliphatic heterocycles. The van der Waals surface area contributed by atoms with Crippen LogP contribution in [0.3, 0.4) is 0 Å². The fourth-order valence-corrected chi connectivity index (χ4v) is 4.01. The Morgan fingerprint density at radius 2 is 1.91 bits per heavy atom. The van der Waals surface area contributed by atoms with Gasteiger partial charge >= 0.3 is 0 Å². The average Bonchev–Trinajstić information content (AvgIpc) is 3.39. The second-order valence-electron chi connectivity index (χ2n) is 7.28. The van der Waals surface area contributed by atoms with Crippen LogP contribution in [0, 0.1) is 11.8 Å². The SMILES string of the molecule is CS(=O)(=O)N1Cc2nnn(CC3CC3)c2[C@@H](COCC2CC2)C1. The lowest BCUT2D eigenvalue weighted by atomic mass is 10.0. The number of aromatic nitrogens is 3. The normalized spacial score (nSPS) is 25.5. The zero-order valence-electron chi connectivity index (χ0n) is 13.5. The minimum atomic E-state index is -3.23. The van der Waals surface area contributed by atoms with E-state index in [1.807, 2.05) is 4.68 Å². The molecule has 8 heteroatoms. The van der Waals surface area contributed by atoms with Gasteiger partial charge in [-0.25, -0.2) is 13.1 Å². The first-order valence-electron chi connectivity index (χ1n) is 8.46. The van der Waals surface area contributed by atoms with Crippen molar-refractivity contribution < 1.29 is 13.2 Å². The van der Waals surface area contributed by atoms with Crippen LogP contribution in [0.15, 0.2) is 0 Å². The predicted octanol–water partition coefficient (Wildman–Crippen LogP) is 0.973. The summed E-state index contributed by atoms with van der Waals surface area (Å²) in [5, 5.41) is 8.55. The molecule has 2 aliphatic carbocycles. The van der Waals surface area contributed by atoms with Gasteiger partial charge in [-0.15, -0.1) is 5.10 Å². The third-order valence-corrected chi connectivity index (χ3v) is 6.17. The maximum absolute atomic E-state index is 12.0. The number of ether oxygens (including phenoxy) is 1. The highest BCUT2D eigenvalue weighted by Crippen LogP contribution is 2.35. The lowest BCUT2D eigenvalue weighted by Crippen LogP contribution is -2.39. The molecule has 2 saturated carbocycles. The Hall–Kier alpha value is -0.990. The Labute approximate surface area is 137 Å². The van der Waals surface area contributed by atoms with Gasteiger partial charge in [0, 0.05) is 25.6 Å². The molecule has 3 aliphatic rings. The zero-order valence-corrected chi connectivity index (χ0v) is 14.3. The lowest BCUT2D eigenvalue weighted by molar-refractivity contribution is 0.0993. The Morgan fingerprint density at radius 3 is 2.57 bits per heavy atom. The molecule has 23 heavy (non-hydrogen) atoms. The second kappa shape index (κ2) is 5.82.